The van der Waals surface area contributed by atoms with Gasteiger partial charge < -0.3 is 5.11 Å². The summed E-state index contributed by atoms with van der Waals surface area (Å²) in [5.41, 5.74) is 0. The van der Waals surface area contributed by atoms with E-state index in [1.807, 2.05) is 0 Å². The molecule has 0 aromatic rings. The highest BCUT2D eigenvalue weighted by Crippen LogP contribution is 2.19. The number of aliphatic carboxylic acids is 1. The monoisotopic (exact) mass is 263 g/mol. The van der Waals surface area contributed by atoms with Gasteiger partial charge in [-0.3, -0.25) is 4.79 Å². The molecular weight excluding hydrogens is 251 g/mol. The zero-order chi connectivity index (χ0) is 13.0. The third-order valence-electron chi connectivity index (χ3n) is 1.52. The van der Waals surface area contributed by atoms with Crippen LogP contribution in [-0.4, -0.2) is 48.8 Å². The molecule has 96 valence electrons. The molecule has 0 aromatic heterocycles. The van der Waals surface area contributed by atoms with Crippen molar-refractivity contribution in [1.82, 2.24) is 4.31 Å². The van der Waals surface area contributed by atoms with Crippen molar-refractivity contribution in [2.24, 2.45) is 0 Å². The number of sulfonamides is 1. The van der Waals surface area contributed by atoms with Crippen LogP contribution in [0.5, 0.6) is 0 Å². The van der Waals surface area contributed by atoms with Crippen molar-refractivity contribution in [3.63, 3.8) is 0 Å². The Hall–Kier alpha value is -0.830. The molecule has 0 saturated heterocycles. The normalized spacial score (nSPS) is 13.1. The van der Waals surface area contributed by atoms with Gasteiger partial charge in [-0.25, -0.2) is 8.42 Å². The van der Waals surface area contributed by atoms with Crippen molar-refractivity contribution < 1.29 is 31.5 Å². The number of carboxylic acid groups (broad SMARTS) is 1. The molecule has 5 nitrogen and oxygen atoms in total. The predicted molar refractivity (Wildman–Crippen MR) is 49.3 cm³/mol. The molecular formula is C7H12F3NO4S. The summed E-state index contributed by atoms with van der Waals surface area (Å²) >= 11 is 0. The molecule has 0 aliphatic heterocycles. The molecule has 0 bridgehead atoms. The molecule has 9 heteroatoms. The smallest absolute Gasteiger partial charge is 0.404 e. The third kappa shape index (κ3) is 5.91. The van der Waals surface area contributed by atoms with E-state index in [1.54, 1.807) is 0 Å². The second kappa shape index (κ2) is 5.48. The summed E-state index contributed by atoms with van der Waals surface area (Å²) in [7, 11) is -4.61. The molecule has 0 atom stereocenters. The van der Waals surface area contributed by atoms with Gasteiger partial charge in [-0.2, -0.15) is 17.5 Å². The second-order valence-electron chi connectivity index (χ2n) is 3.10. The Morgan fingerprint density at radius 1 is 1.38 bits per heavy atom. The Morgan fingerprint density at radius 3 is 2.19 bits per heavy atom. The number of hydrogen-bond donors (Lipinski definition) is 1. The Morgan fingerprint density at radius 2 is 1.88 bits per heavy atom. The molecule has 0 amide bonds. The van der Waals surface area contributed by atoms with Crippen LogP contribution in [0, 0.1) is 0 Å². The lowest BCUT2D eigenvalue weighted by Gasteiger charge is -2.20. The minimum absolute atomic E-state index is 0.240. The van der Waals surface area contributed by atoms with Crippen LogP contribution in [0.2, 0.25) is 0 Å². The second-order valence-corrected chi connectivity index (χ2v) is 5.07. The molecule has 16 heavy (non-hydrogen) atoms. The highest BCUT2D eigenvalue weighted by Gasteiger charge is 2.38. The standard InChI is InChI=1S/C7H12F3NO4S/c1-2-3-11(4-6(12)13)16(14,15)5-7(8,9)10/h2-5H2,1H3,(H,12,13). The van der Waals surface area contributed by atoms with Crippen molar-refractivity contribution in [2.75, 3.05) is 18.8 Å². The Bertz CT molecular complexity index is 338. The molecule has 0 fully saturated rings. The minimum Gasteiger partial charge on any atom is -0.480 e. The summed E-state index contributed by atoms with van der Waals surface area (Å²) in [4.78, 5) is 10.3. The fourth-order valence-corrected chi connectivity index (χ4v) is 2.38. The van der Waals surface area contributed by atoms with Crippen LogP contribution in [0.15, 0.2) is 0 Å². The molecule has 0 rings (SSSR count). The first-order chi connectivity index (χ1) is 7.08. The molecule has 0 aromatic carbocycles. The molecule has 0 unspecified atom stereocenters. The zero-order valence-electron chi connectivity index (χ0n) is 8.49. The van der Waals surface area contributed by atoms with Gasteiger partial charge in [0.25, 0.3) is 0 Å². The molecule has 0 spiro atoms. The van der Waals surface area contributed by atoms with E-state index in [4.69, 9.17) is 5.11 Å². The van der Waals surface area contributed by atoms with Crippen LogP contribution in [0.25, 0.3) is 0 Å². The van der Waals surface area contributed by atoms with Gasteiger partial charge in [-0.15, -0.1) is 0 Å². The van der Waals surface area contributed by atoms with E-state index in [9.17, 15) is 26.4 Å². The number of rotatable bonds is 6. The summed E-state index contributed by atoms with van der Waals surface area (Å²) < 4.78 is 58.6. The van der Waals surface area contributed by atoms with Crippen LogP contribution >= 0.6 is 0 Å². The number of alkyl halides is 3. The summed E-state index contributed by atoms with van der Waals surface area (Å²) in [5.74, 6) is -3.52. The van der Waals surface area contributed by atoms with Crippen molar-refractivity contribution in [3.05, 3.63) is 0 Å². The van der Waals surface area contributed by atoms with Gasteiger partial charge in [0.2, 0.25) is 10.0 Å². The Balaban J connectivity index is 4.83. The number of halogens is 3. The van der Waals surface area contributed by atoms with Gasteiger partial charge in [0.05, 0.1) is 0 Å². The fraction of sp³-hybridized carbons (Fsp3) is 0.857. The quantitative estimate of drug-likeness (QED) is 0.764. The van der Waals surface area contributed by atoms with Crippen molar-refractivity contribution in [1.29, 1.82) is 0 Å². The molecule has 0 heterocycles. The Kier molecular flexibility index (Phi) is 5.20. The van der Waals surface area contributed by atoms with Crippen molar-refractivity contribution >= 4 is 16.0 Å². The molecule has 0 aliphatic rings. The fourth-order valence-electron chi connectivity index (χ4n) is 1.01. The molecule has 0 aliphatic carbocycles. The lowest BCUT2D eigenvalue weighted by Crippen LogP contribution is -2.41. The topological polar surface area (TPSA) is 74.7 Å². The molecule has 0 radical (unpaired) electrons. The van der Waals surface area contributed by atoms with Crippen molar-refractivity contribution in [2.45, 2.75) is 19.5 Å². The minimum atomic E-state index is -4.87. The summed E-state index contributed by atoms with van der Waals surface area (Å²) in [6, 6.07) is 0. The average Bonchev–Trinajstić information content (AvgIpc) is 1.97. The highest BCUT2D eigenvalue weighted by molar-refractivity contribution is 7.89. The number of carboxylic acids is 1. The lowest BCUT2D eigenvalue weighted by molar-refractivity contribution is -0.137. The lowest BCUT2D eigenvalue weighted by atomic mass is 10.5. The van der Waals surface area contributed by atoms with Crippen molar-refractivity contribution in [3.8, 4) is 0 Å². The van der Waals surface area contributed by atoms with Crippen LogP contribution in [0.4, 0.5) is 13.2 Å². The third-order valence-corrected chi connectivity index (χ3v) is 3.31. The average molecular weight is 263 g/mol. The van der Waals surface area contributed by atoms with E-state index in [0.29, 0.717) is 4.31 Å². The van der Waals surface area contributed by atoms with Crippen LogP contribution in [-0.2, 0) is 14.8 Å². The first kappa shape index (κ1) is 15.2. The van der Waals surface area contributed by atoms with E-state index in [-0.39, 0.29) is 13.0 Å². The van der Waals surface area contributed by atoms with Crippen LogP contribution < -0.4 is 0 Å². The van der Waals surface area contributed by atoms with Gasteiger partial charge in [-0.05, 0) is 6.42 Å². The number of nitrogens with zero attached hydrogens (tertiary/aromatic N) is 1. The van der Waals surface area contributed by atoms with Crippen LogP contribution in [0.3, 0.4) is 0 Å². The Labute approximate surface area is 90.9 Å². The SMILES string of the molecule is CCCN(CC(=O)O)S(=O)(=O)CC(F)(F)F. The van der Waals surface area contributed by atoms with Gasteiger partial charge in [0, 0.05) is 6.54 Å². The summed E-state index contributed by atoms with van der Waals surface area (Å²) in [6.45, 7) is 0.342. The summed E-state index contributed by atoms with van der Waals surface area (Å²) in [6.07, 6.45) is -4.63. The van der Waals surface area contributed by atoms with E-state index in [1.165, 1.54) is 6.92 Å². The van der Waals surface area contributed by atoms with Gasteiger partial charge >= 0.3 is 12.1 Å². The maximum absolute atomic E-state index is 11.9. The van der Waals surface area contributed by atoms with Crippen LogP contribution in [0.1, 0.15) is 13.3 Å². The summed E-state index contributed by atoms with van der Waals surface area (Å²) in [5, 5.41) is 8.38. The largest absolute Gasteiger partial charge is 0.480 e. The number of hydrogen-bond acceptors (Lipinski definition) is 3. The van der Waals surface area contributed by atoms with E-state index in [2.05, 4.69) is 0 Å². The molecule has 1 N–H and O–H groups in total. The van der Waals surface area contributed by atoms with E-state index < -0.39 is 34.5 Å². The van der Waals surface area contributed by atoms with Gasteiger partial charge in [-0.1, -0.05) is 6.92 Å². The van der Waals surface area contributed by atoms with E-state index in [0.717, 1.165) is 0 Å². The first-order valence-corrected chi connectivity index (χ1v) is 5.96. The number of carbonyl (C=O) groups is 1. The maximum Gasteiger partial charge on any atom is 0.404 e. The van der Waals surface area contributed by atoms with E-state index >= 15 is 0 Å². The zero-order valence-corrected chi connectivity index (χ0v) is 9.31. The predicted octanol–water partition coefficient (Wildman–Crippen LogP) is 0.675. The highest BCUT2D eigenvalue weighted by atomic mass is 32.2. The van der Waals surface area contributed by atoms with Gasteiger partial charge in [0.15, 0.2) is 5.75 Å². The van der Waals surface area contributed by atoms with Gasteiger partial charge in [0.1, 0.15) is 6.54 Å². The first-order valence-electron chi connectivity index (χ1n) is 4.35. The maximum atomic E-state index is 11.9. The molecule has 0 saturated carbocycles.